The summed E-state index contributed by atoms with van der Waals surface area (Å²) < 4.78 is 0. The molecule has 134 valence electrons. The number of hydrogen-bond donors (Lipinski definition) is 2. The number of fused-ring (bicyclic) bond motifs is 1. The lowest BCUT2D eigenvalue weighted by atomic mass is 9.99. The molecule has 2 N–H and O–H groups in total. The van der Waals surface area contributed by atoms with Crippen molar-refractivity contribution >= 4 is 5.95 Å². The molecule has 0 amide bonds. The highest BCUT2D eigenvalue weighted by Gasteiger charge is 2.31. The Morgan fingerprint density at radius 2 is 2.08 bits per heavy atom. The summed E-state index contributed by atoms with van der Waals surface area (Å²) in [6.07, 6.45) is 9.43. The molecule has 3 aromatic rings. The third-order valence-electron chi connectivity index (χ3n) is 4.62. The number of rotatable bonds is 6. The van der Waals surface area contributed by atoms with Gasteiger partial charge < -0.3 is 10.3 Å². The van der Waals surface area contributed by atoms with E-state index in [1.54, 1.807) is 6.33 Å². The maximum atomic E-state index is 4.58. The molecule has 0 bridgehead atoms. The highest BCUT2D eigenvalue weighted by Crippen LogP contribution is 2.33. The van der Waals surface area contributed by atoms with Gasteiger partial charge in [-0.15, -0.1) is 0 Å². The first-order valence-electron chi connectivity index (χ1n) is 9.07. The van der Waals surface area contributed by atoms with Crippen LogP contribution in [0.1, 0.15) is 42.0 Å². The fraction of sp³-hybridized carbons (Fsp3) is 0.368. The van der Waals surface area contributed by atoms with Crippen LogP contribution < -0.4 is 5.32 Å². The van der Waals surface area contributed by atoms with Crippen molar-refractivity contribution in [3.8, 4) is 0 Å². The van der Waals surface area contributed by atoms with E-state index in [2.05, 4.69) is 48.1 Å². The van der Waals surface area contributed by atoms with Gasteiger partial charge in [0.25, 0.3) is 0 Å². The van der Waals surface area contributed by atoms with E-state index in [-0.39, 0.29) is 6.04 Å². The van der Waals surface area contributed by atoms with Gasteiger partial charge in [0, 0.05) is 55.9 Å². The number of anilines is 1. The molecule has 1 aliphatic rings. The summed E-state index contributed by atoms with van der Waals surface area (Å²) in [7, 11) is 0. The molecule has 3 aromatic heterocycles. The van der Waals surface area contributed by atoms with Crippen LogP contribution in [0.4, 0.5) is 5.95 Å². The summed E-state index contributed by atoms with van der Waals surface area (Å²) in [4.78, 5) is 23.7. The number of pyridine rings is 1. The van der Waals surface area contributed by atoms with Crippen LogP contribution in [0.3, 0.4) is 0 Å². The number of aromatic nitrogens is 5. The van der Waals surface area contributed by atoms with Crippen molar-refractivity contribution in [3.63, 3.8) is 0 Å². The van der Waals surface area contributed by atoms with Crippen molar-refractivity contribution in [2.75, 3.05) is 18.4 Å². The quantitative estimate of drug-likeness (QED) is 0.712. The third kappa shape index (κ3) is 3.43. The molecule has 1 atom stereocenters. The normalized spacial score (nSPS) is 17.0. The lowest BCUT2D eigenvalue weighted by molar-refractivity contribution is 0.196. The van der Waals surface area contributed by atoms with Gasteiger partial charge in [-0.2, -0.15) is 0 Å². The Bertz CT molecular complexity index is 829. The van der Waals surface area contributed by atoms with Gasteiger partial charge in [0.05, 0.1) is 23.8 Å². The number of nitrogens with one attached hydrogen (secondary N) is 2. The molecule has 0 aliphatic carbocycles. The third-order valence-corrected chi connectivity index (χ3v) is 4.62. The molecular weight excluding hydrogens is 326 g/mol. The number of H-pyrrole nitrogens is 1. The fourth-order valence-electron chi connectivity index (χ4n) is 3.36. The lowest BCUT2D eigenvalue weighted by Gasteiger charge is -2.34. The van der Waals surface area contributed by atoms with Crippen LogP contribution in [0, 0.1) is 0 Å². The predicted molar refractivity (Wildman–Crippen MR) is 99.6 cm³/mol. The van der Waals surface area contributed by atoms with Crippen LogP contribution in [0.25, 0.3) is 0 Å². The van der Waals surface area contributed by atoms with Crippen LogP contribution in [-0.4, -0.2) is 42.9 Å². The molecule has 7 nitrogen and oxygen atoms in total. The van der Waals surface area contributed by atoms with Gasteiger partial charge in [-0.1, -0.05) is 13.0 Å². The zero-order chi connectivity index (χ0) is 17.8. The average Bonchev–Trinajstić information content (AvgIpc) is 3.17. The molecule has 0 saturated carbocycles. The molecule has 4 rings (SSSR count). The maximum Gasteiger partial charge on any atom is 0.222 e. The van der Waals surface area contributed by atoms with E-state index in [0.29, 0.717) is 5.95 Å². The van der Waals surface area contributed by atoms with Gasteiger partial charge >= 0.3 is 0 Å². The monoisotopic (exact) mass is 349 g/mol. The summed E-state index contributed by atoms with van der Waals surface area (Å²) in [5.74, 6) is 0.685. The standard InChI is InChI=1S/C19H23N7/c1-2-7-21-19-22-10-14(11-23-19)12-26-9-6-15-17(25-13-24-15)18(26)16-5-3-4-8-20-16/h3-5,8,10-11,13,18H,2,6-7,9,12H2,1H3,(H,24,25)(H,21,22,23)/t18-/m1/s1. The van der Waals surface area contributed by atoms with Crippen LogP contribution in [0.5, 0.6) is 0 Å². The van der Waals surface area contributed by atoms with Crippen LogP contribution in [0.2, 0.25) is 0 Å². The van der Waals surface area contributed by atoms with Crippen molar-refractivity contribution in [1.82, 2.24) is 29.8 Å². The Morgan fingerprint density at radius 3 is 2.85 bits per heavy atom. The SMILES string of the molecule is CCCNc1ncc(CN2CCc3[nH]cnc3[C@H]2c2ccccn2)cn1. The van der Waals surface area contributed by atoms with Crippen molar-refractivity contribution < 1.29 is 0 Å². The molecule has 1 aliphatic heterocycles. The van der Waals surface area contributed by atoms with Crippen molar-refractivity contribution in [2.45, 2.75) is 32.4 Å². The smallest absolute Gasteiger partial charge is 0.222 e. The first-order chi connectivity index (χ1) is 12.8. The number of hydrogen-bond acceptors (Lipinski definition) is 6. The van der Waals surface area contributed by atoms with Gasteiger partial charge in [-0.3, -0.25) is 9.88 Å². The highest BCUT2D eigenvalue weighted by molar-refractivity contribution is 5.29. The van der Waals surface area contributed by atoms with Gasteiger partial charge in [0.1, 0.15) is 0 Å². The number of imidazole rings is 1. The van der Waals surface area contributed by atoms with Gasteiger partial charge in [-0.05, 0) is 18.6 Å². The Balaban J connectivity index is 1.57. The van der Waals surface area contributed by atoms with Crippen molar-refractivity contribution in [3.05, 3.63) is 65.8 Å². The van der Waals surface area contributed by atoms with E-state index in [1.165, 1.54) is 5.69 Å². The first-order valence-corrected chi connectivity index (χ1v) is 9.07. The summed E-state index contributed by atoms with van der Waals surface area (Å²) in [5.41, 5.74) is 4.37. The van der Waals surface area contributed by atoms with Crippen LogP contribution in [0.15, 0.2) is 43.1 Å². The molecule has 26 heavy (non-hydrogen) atoms. The number of aromatic amines is 1. The van der Waals surface area contributed by atoms with Crippen molar-refractivity contribution in [2.24, 2.45) is 0 Å². The van der Waals surface area contributed by atoms with E-state index in [4.69, 9.17) is 0 Å². The molecule has 0 fully saturated rings. The molecule has 0 aromatic carbocycles. The molecule has 4 heterocycles. The summed E-state index contributed by atoms with van der Waals surface area (Å²) in [6, 6.07) is 6.08. The van der Waals surface area contributed by atoms with E-state index in [9.17, 15) is 0 Å². The Labute approximate surface area is 152 Å². The summed E-state index contributed by atoms with van der Waals surface area (Å²) in [6.45, 7) is 4.71. The molecule has 0 saturated heterocycles. The average molecular weight is 349 g/mol. The van der Waals surface area contributed by atoms with E-state index in [1.807, 2.05) is 30.7 Å². The second kappa shape index (κ2) is 7.61. The second-order valence-corrected chi connectivity index (χ2v) is 6.49. The Morgan fingerprint density at radius 1 is 1.19 bits per heavy atom. The fourth-order valence-corrected chi connectivity index (χ4v) is 3.36. The van der Waals surface area contributed by atoms with Gasteiger partial charge in [-0.25, -0.2) is 15.0 Å². The molecule has 0 unspecified atom stereocenters. The van der Waals surface area contributed by atoms with E-state index < -0.39 is 0 Å². The minimum atomic E-state index is 0.0455. The van der Waals surface area contributed by atoms with E-state index >= 15 is 0 Å². The highest BCUT2D eigenvalue weighted by atomic mass is 15.2. The molecule has 0 radical (unpaired) electrons. The minimum absolute atomic E-state index is 0.0455. The Hall–Kier alpha value is -2.80. The van der Waals surface area contributed by atoms with Gasteiger partial charge in [0.15, 0.2) is 0 Å². The zero-order valence-corrected chi connectivity index (χ0v) is 14.9. The zero-order valence-electron chi connectivity index (χ0n) is 14.9. The molecular formula is C19H23N7. The second-order valence-electron chi connectivity index (χ2n) is 6.49. The van der Waals surface area contributed by atoms with Crippen LogP contribution >= 0.6 is 0 Å². The lowest BCUT2D eigenvalue weighted by Crippen LogP contribution is -2.36. The Kier molecular flexibility index (Phi) is 4.88. The minimum Gasteiger partial charge on any atom is -0.354 e. The summed E-state index contributed by atoms with van der Waals surface area (Å²) >= 11 is 0. The predicted octanol–water partition coefficient (Wildman–Crippen LogP) is 2.56. The largest absolute Gasteiger partial charge is 0.354 e. The van der Waals surface area contributed by atoms with Crippen molar-refractivity contribution in [1.29, 1.82) is 0 Å². The van der Waals surface area contributed by atoms with E-state index in [0.717, 1.165) is 49.4 Å². The first kappa shape index (κ1) is 16.7. The van der Waals surface area contributed by atoms with Gasteiger partial charge in [0.2, 0.25) is 5.95 Å². The molecule has 0 spiro atoms. The van der Waals surface area contributed by atoms with Crippen LogP contribution in [-0.2, 0) is 13.0 Å². The maximum absolute atomic E-state index is 4.58. The molecule has 7 heteroatoms. The topological polar surface area (TPSA) is 82.6 Å². The summed E-state index contributed by atoms with van der Waals surface area (Å²) in [5, 5.41) is 3.21. The number of nitrogens with zero attached hydrogens (tertiary/aromatic N) is 5.